The standard InChI is InChI=1S/C48H26F12N4.3ClH.Fe/c49-45(50,51)29-9-1-25(2-10-29)41-33-17-19-35(61-33)42(26-3-11-30(12-4-26)46(52,53)54)37-21-23-39(63-37)44(28-7-15-32(16-8-28)48(58,59)60)40-24-22-38(64-40)43(36-20-18-34(41)62-36)27-5-13-31(14-6-27)47(55,56)57;;;;/h1-24,61,64H;3*1H;/q;;;;+3/p-3. The maximum Gasteiger partial charge on any atom is 3.00 e. The number of aromatic amines is 2. The summed E-state index contributed by atoms with van der Waals surface area (Å²) in [4.78, 5) is 16.3. The van der Waals surface area contributed by atoms with Crippen LogP contribution in [0.2, 0.25) is 0 Å². The minimum atomic E-state index is -4.66. The van der Waals surface area contributed by atoms with Crippen molar-refractivity contribution in [2.45, 2.75) is 24.7 Å². The summed E-state index contributed by atoms with van der Waals surface area (Å²) in [6, 6.07) is 23.7. The molecule has 3 aromatic heterocycles. The van der Waals surface area contributed by atoms with Crippen LogP contribution in [0.25, 0.3) is 90.9 Å². The summed E-state index contributed by atoms with van der Waals surface area (Å²) in [7, 11) is 0. The van der Waals surface area contributed by atoms with Crippen molar-refractivity contribution in [1.29, 1.82) is 0 Å². The third-order valence-corrected chi connectivity index (χ3v) is 10.8. The molecule has 2 N–H and O–H groups in total. The molecule has 4 aromatic carbocycles. The van der Waals surface area contributed by atoms with Crippen LogP contribution in [0.15, 0.2) is 121 Å². The van der Waals surface area contributed by atoms with Crippen LogP contribution in [0.1, 0.15) is 45.0 Å². The van der Waals surface area contributed by atoms with Gasteiger partial charge in [-0.1, -0.05) is 48.5 Å². The molecule has 8 bridgehead atoms. The van der Waals surface area contributed by atoms with Gasteiger partial charge in [-0.2, -0.15) is 52.7 Å². The van der Waals surface area contributed by atoms with E-state index >= 15 is 0 Å². The maximum absolute atomic E-state index is 13.7. The van der Waals surface area contributed by atoms with Gasteiger partial charge in [-0.25, -0.2) is 9.97 Å². The number of nitrogens with zero attached hydrogens (tertiary/aromatic N) is 2. The Hall–Kier alpha value is -5.97. The number of halogens is 15. The molecule has 0 unspecified atom stereocenters. The van der Waals surface area contributed by atoms with E-state index in [2.05, 4.69) is 9.97 Å². The Morgan fingerprint density at radius 1 is 0.279 bits per heavy atom. The number of alkyl halides is 12. The molecule has 5 heterocycles. The fraction of sp³-hybridized carbons (Fsp3) is 0.0833. The molecular weight excluding hydrogens is 1020 g/mol. The topological polar surface area (TPSA) is 57.4 Å². The molecule has 9 rings (SSSR count). The Labute approximate surface area is 407 Å². The third-order valence-electron chi connectivity index (χ3n) is 10.8. The molecule has 68 heavy (non-hydrogen) atoms. The molecule has 351 valence electrons. The van der Waals surface area contributed by atoms with Crippen molar-refractivity contribution in [3.8, 4) is 44.5 Å². The first kappa shape index (κ1) is 53.0. The Kier molecular flexibility index (Phi) is 15.2. The van der Waals surface area contributed by atoms with Gasteiger partial charge in [0.15, 0.2) is 0 Å². The van der Waals surface area contributed by atoms with Crippen LogP contribution >= 0.6 is 0 Å². The number of hydrogen-bond acceptors (Lipinski definition) is 2. The smallest absolute Gasteiger partial charge is 1.00 e. The van der Waals surface area contributed by atoms with E-state index in [0.29, 0.717) is 44.3 Å². The maximum atomic E-state index is 13.7. The monoisotopic (exact) mass is 1050 g/mol. The van der Waals surface area contributed by atoms with Crippen LogP contribution in [0.5, 0.6) is 0 Å². The molecule has 0 atom stereocenters. The first-order valence-electron chi connectivity index (χ1n) is 19.1. The second-order valence-corrected chi connectivity index (χ2v) is 14.8. The zero-order valence-corrected chi connectivity index (χ0v) is 37.1. The van der Waals surface area contributed by atoms with E-state index in [9.17, 15) is 52.7 Å². The van der Waals surface area contributed by atoms with Crippen LogP contribution in [0.3, 0.4) is 0 Å². The van der Waals surface area contributed by atoms with Crippen molar-refractivity contribution in [1.82, 2.24) is 19.9 Å². The minimum Gasteiger partial charge on any atom is -1.00 e. The van der Waals surface area contributed by atoms with E-state index < -0.39 is 47.0 Å². The Balaban J connectivity index is 0.00000216. The van der Waals surface area contributed by atoms with Gasteiger partial charge in [-0.05, 0) is 119 Å². The molecule has 7 aromatic rings. The molecule has 20 heteroatoms. The molecule has 0 saturated heterocycles. The Bertz CT molecular complexity index is 2770. The average Bonchev–Trinajstić information content (AvgIpc) is 4.08. The van der Waals surface area contributed by atoms with Gasteiger partial charge in [0.1, 0.15) is 0 Å². The predicted octanol–water partition coefficient (Wildman–Crippen LogP) is 6.41. The average molecular weight is 1050 g/mol. The SMILES string of the molecule is FC(F)(F)c1ccc(-c2c3nc(c(-c4ccc(C(F)(F)F)cc4)c4ccc([nH]4)c(-c4ccc(C(F)(F)F)cc4)c4nc(c(-c5ccc(C(F)(F)F)cc5)c5ccc2[nH]5)C=C4)C=C3)cc1.[Cl-].[Cl-].[Cl-].[Fe+3]. The van der Waals surface area contributed by atoms with Crippen LogP contribution in [-0.2, 0) is 41.8 Å². The normalized spacial score (nSPS) is 12.4. The number of hydrogen-bond donors (Lipinski definition) is 2. The number of aromatic nitrogens is 4. The molecule has 1 radical (unpaired) electrons. The van der Waals surface area contributed by atoms with Crippen molar-refractivity contribution in [2.24, 2.45) is 0 Å². The van der Waals surface area contributed by atoms with Gasteiger partial charge in [-0.15, -0.1) is 0 Å². The number of rotatable bonds is 4. The molecule has 0 aliphatic carbocycles. The number of benzene rings is 4. The fourth-order valence-electron chi connectivity index (χ4n) is 7.72. The number of fused-ring (bicyclic) bond motifs is 8. The van der Waals surface area contributed by atoms with E-state index in [1.54, 1.807) is 48.6 Å². The molecule has 2 aliphatic heterocycles. The minimum absolute atomic E-state index is 0. The molecule has 0 spiro atoms. The second kappa shape index (κ2) is 19.6. The summed E-state index contributed by atoms with van der Waals surface area (Å²) in [6.45, 7) is 0. The van der Waals surface area contributed by atoms with Crippen LogP contribution in [0.4, 0.5) is 52.7 Å². The fourth-order valence-corrected chi connectivity index (χ4v) is 7.72. The Morgan fingerprint density at radius 2 is 0.456 bits per heavy atom. The van der Waals surface area contributed by atoms with Crippen LogP contribution < -0.4 is 37.2 Å². The molecule has 4 nitrogen and oxygen atoms in total. The van der Waals surface area contributed by atoms with E-state index in [-0.39, 0.29) is 99.3 Å². The summed E-state index contributed by atoms with van der Waals surface area (Å²) in [5.41, 5.74) is 0.862. The van der Waals surface area contributed by atoms with Gasteiger partial charge < -0.3 is 47.2 Å². The quantitative estimate of drug-likeness (QED) is 0.159. The molecule has 0 amide bonds. The van der Waals surface area contributed by atoms with Gasteiger partial charge in [0.05, 0.1) is 45.0 Å². The first-order chi connectivity index (χ1) is 30.2. The van der Waals surface area contributed by atoms with Crippen molar-refractivity contribution < 1.29 is 107 Å². The van der Waals surface area contributed by atoms with E-state index in [4.69, 9.17) is 9.97 Å². The van der Waals surface area contributed by atoms with Crippen molar-refractivity contribution >= 4 is 46.4 Å². The van der Waals surface area contributed by atoms with E-state index in [1.165, 1.54) is 48.5 Å². The van der Waals surface area contributed by atoms with Crippen molar-refractivity contribution in [3.05, 3.63) is 166 Å². The van der Waals surface area contributed by atoms with Gasteiger partial charge in [0, 0.05) is 44.3 Å². The van der Waals surface area contributed by atoms with Crippen LogP contribution in [0, 0.1) is 0 Å². The molecule has 0 saturated carbocycles. The summed E-state index contributed by atoms with van der Waals surface area (Å²) in [5.74, 6) is 0. The van der Waals surface area contributed by atoms with Gasteiger partial charge in [0.2, 0.25) is 0 Å². The predicted molar refractivity (Wildman–Crippen MR) is 221 cm³/mol. The van der Waals surface area contributed by atoms with E-state index in [0.717, 1.165) is 48.5 Å². The zero-order chi connectivity index (χ0) is 45.3. The molecular formula is C48H26Cl3F12FeN4. The van der Waals surface area contributed by atoms with Gasteiger partial charge in [-0.3, -0.25) is 0 Å². The number of nitrogens with one attached hydrogen (secondary N) is 2. The third kappa shape index (κ3) is 10.4. The summed E-state index contributed by atoms with van der Waals surface area (Å²) >= 11 is 0. The summed E-state index contributed by atoms with van der Waals surface area (Å²) in [5, 5.41) is 0. The van der Waals surface area contributed by atoms with E-state index in [1.807, 2.05) is 0 Å². The second-order valence-electron chi connectivity index (χ2n) is 14.8. The largest absolute Gasteiger partial charge is 3.00 e. The Morgan fingerprint density at radius 3 is 0.618 bits per heavy atom. The van der Waals surface area contributed by atoms with Gasteiger partial charge in [0.25, 0.3) is 0 Å². The van der Waals surface area contributed by atoms with Gasteiger partial charge >= 0.3 is 41.8 Å². The first-order valence-corrected chi connectivity index (χ1v) is 19.1. The molecule has 0 fully saturated rings. The summed E-state index contributed by atoms with van der Waals surface area (Å²) < 4.78 is 165. The molecule has 2 aliphatic rings. The van der Waals surface area contributed by atoms with Crippen LogP contribution in [-0.4, -0.2) is 19.9 Å². The summed E-state index contributed by atoms with van der Waals surface area (Å²) in [6.07, 6.45) is -12.3. The van der Waals surface area contributed by atoms with Crippen molar-refractivity contribution in [3.63, 3.8) is 0 Å². The number of H-pyrrole nitrogens is 2. The zero-order valence-electron chi connectivity index (χ0n) is 33.8. The van der Waals surface area contributed by atoms with Crippen molar-refractivity contribution in [2.75, 3.05) is 0 Å².